The Balaban J connectivity index is 1.68. The fourth-order valence-electron chi connectivity index (χ4n) is 2.14. The summed E-state index contributed by atoms with van der Waals surface area (Å²) in [6, 6.07) is 3.47. The van der Waals surface area contributed by atoms with Gasteiger partial charge in [-0.3, -0.25) is 4.79 Å². The highest BCUT2D eigenvalue weighted by Gasteiger charge is 2.20. The minimum Gasteiger partial charge on any atom is -0.375 e. The molecule has 7 heteroatoms. The van der Waals surface area contributed by atoms with Gasteiger partial charge in [-0.2, -0.15) is 0 Å². The Morgan fingerprint density at radius 2 is 2.27 bits per heavy atom. The van der Waals surface area contributed by atoms with Crippen molar-refractivity contribution < 1.29 is 14.3 Å². The molecule has 3 amide bonds. The first-order valence-electron chi connectivity index (χ1n) is 7.41. The Morgan fingerprint density at radius 1 is 1.45 bits per heavy atom. The summed E-state index contributed by atoms with van der Waals surface area (Å²) in [4.78, 5) is 29.5. The number of amides is 3. The number of hydrogen-bond donors (Lipinski definition) is 2. The molecule has 0 spiro atoms. The van der Waals surface area contributed by atoms with Crippen LogP contribution in [0.3, 0.4) is 0 Å². The summed E-state index contributed by atoms with van der Waals surface area (Å²) in [5.41, 5.74) is 1.03. The van der Waals surface area contributed by atoms with E-state index in [0.717, 1.165) is 5.56 Å². The van der Waals surface area contributed by atoms with Gasteiger partial charge in [-0.1, -0.05) is 6.07 Å². The summed E-state index contributed by atoms with van der Waals surface area (Å²) in [6.45, 7) is 5.86. The van der Waals surface area contributed by atoms with Crippen molar-refractivity contribution in [2.24, 2.45) is 0 Å². The van der Waals surface area contributed by atoms with Gasteiger partial charge in [-0.25, -0.2) is 9.78 Å². The van der Waals surface area contributed by atoms with Crippen molar-refractivity contribution >= 4 is 17.8 Å². The number of carbonyl (C=O) groups is 2. The summed E-state index contributed by atoms with van der Waals surface area (Å²) < 4.78 is 5.38. The van der Waals surface area contributed by atoms with Crippen LogP contribution in [0.1, 0.15) is 18.9 Å². The maximum absolute atomic E-state index is 11.9. The molecule has 1 atom stereocenters. The molecule has 0 aliphatic carbocycles. The van der Waals surface area contributed by atoms with Crippen molar-refractivity contribution in [1.82, 2.24) is 15.2 Å². The molecular formula is C15H22N4O3. The maximum Gasteiger partial charge on any atom is 0.317 e. The van der Waals surface area contributed by atoms with E-state index in [4.69, 9.17) is 4.74 Å². The lowest BCUT2D eigenvalue weighted by Gasteiger charge is -2.31. The van der Waals surface area contributed by atoms with Gasteiger partial charge in [0.2, 0.25) is 5.91 Å². The zero-order chi connectivity index (χ0) is 15.9. The van der Waals surface area contributed by atoms with Crippen LogP contribution in [0.4, 0.5) is 10.6 Å². The van der Waals surface area contributed by atoms with Crippen molar-refractivity contribution in [2.75, 3.05) is 31.6 Å². The lowest BCUT2D eigenvalue weighted by molar-refractivity contribution is -0.116. The van der Waals surface area contributed by atoms with Crippen LogP contribution in [-0.2, 0) is 9.53 Å². The Labute approximate surface area is 130 Å². The predicted molar refractivity (Wildman–Crippen MR) is 82.6 cm³/mol. The van der Waals surface area contributed by atoms with Crippen molar-refractivity contribution in [3.8, 4) is 0 Å². The third kappa shape index (κ3) is 5.00. The fourth-order valence-corrected chi connectivity index (χ4v) is 2.14. The van der Waals surface area contributed by atoms with Gasteiger partial charge in [-0.15, -0.1) is 0 Å². The molecule has 120 valence electrons. The van der Waals surface area contributed by atoms with E-state index < -0.39 is 0 Å². The van der Waals surface area contributed by atoms with Crippen LogP contribution in [0.5, 0.6) is 0 Å². The molecule has 1 saturated heterocycles. The summed E-state index contributed by atoms with van der Waals surface area (Å²) in [6.07, 6.45) is 1.95. The highest BCUT2D eigenvalue weighted by atomic mass is 16.5. The molecule has 2 heterocycles. The van der Waals surface area contributed by atoms with Crippen molar-refractivity contribution in [3.05, 3.63) is 23.9 Å². The molecule has 2 N–H and O–H groups in total. The normalized spacial score (nSPS) is 17.9. The van der Waals surface area contributed by atoms with E-state index in [0.29, 0.717) is 32.1 Å². The van der Waals surface area contributed by atoms with Crippen molar-refractivity contribution in [1.29, 1.82) is 0 Å². The molecule has 0 saturated carbocycles. The molecule has 1 aromatic heterocycles. The maximum atomic E-state index is 11.9. The van der Waals surface area contributed by atoms with Crippen LogP contribution in [0.2, 0.25) is 0 Å². The summed E-state index contributed by atoms with van der Waals surface area (Å²) >= 11 is 0. The molecule has 1 aliphatic rings. The first-order chi connectivity index (χ1) is 10.5. The molecule has 0 aromatic carbocycles. The van der Waals surface area contributed by atoms with E-state index >= 15 is 0 Å². The van der Waals surface area contributed by atoms with Gasteiger partial charge in [-0.05, 0) is 25.5 Å². The number of pyridine rings is 1. The average Bonchev–Trinajstić information content (AvgIpc) is 2.49. The number of urea groups is 1. The fraction of sp³-hybridized carbons (Fsp3) is 0.533. The molecule has 0 bridgehead atoms. The molecular weight excluding hydrogens is 284 g/mol. The van der Waals surface area contributed by atoms with Crippen molar-refractivity contribution in [2.45, 2.75) is 26.4 Å². The standard InChI is InChI=1S/C15H22N4O3/c1-11-3-4-13(17-9-11)18-14(20)5-6-16-15(21)19-7-8-22-12(2)10-19/h3-4,9,12H,5-8,10H2,1-2H3,(H,16,21)(H,17,18,20)/t12-/m1/s1. The zero-order valence-electron chi connectivity index (χ0n) is 13.0. The molecule has 0 radical (unpaired) electrons. The molecule has 1 aliphatic heterocycles. The van der Waals surface area contributed by atoms with Crippen molar-refractivity contribution in [3.63, 3.8) is 0 Å². The lowest BCUT2D eigenvalue weighted by atomic mass is 10.3. The second-order valence-corrected chi connectivity index (χ2v) is 5.38. The topological polar surface area (TPSA) is 83.6 Å². The largest absolute Gasteiger partial charge is 0.375 e. The number of nitrogens with zero attached hydrogens (tertiary/aromatic N) is 2. The number of rotatable bonds is 4. The number of carbonyl (C=O) groups excluding carboxylic acids is 2. The van der Waals surface area contributed by atoms with E-state index in [-0.39, 0.29) is 24.5 Å². The lowest BCUT2D eigenvalue weighted by Crippen LogP contribution is -2.49. The van der Waals surface area contributed by atoms with Crippen LogP contribution >= 0.6 is 0 Å². The second kappa shape index (κ2) is 7.74. The molecule has 1 aromatic rings. The van der Waals surface area contributed by atoms with Gasteiger partial charge in [0.15, 0.2) is 0 Å². The summed E-state index contributed by atoms with van der Waals surface area (Å²) in [7, 11) is 0. The molecule has 1 fully saturated rings. The van der Waals surface area contributed by atoms with Gasteiger partial charge in [0.25, 0.3) is 0 Å². The van der Waals surface area contributed by atoms with Gasteiger partial charge in [0.05, 0.1) is 12.7 Å². The third-order valence-electron chi connectivity index (χ3n) is 3.34. The number of aromatic nitrogens is 1. The number of anilines is 1. The van der Waals surface area contributed by atoms with Crippen LogP contribution in [0.25, 0.3) is 0 Å². The van der Waals surface area contributed by atoms with Crippen LogP contribution in [0, 0.1) is 6.92 Å². The van der Waals surface area contributed by atoms with E-state index in [2.05, 4.69) is 15.6 Å². The SMILES string of the molecule is Cc1ccc(NC(=O)CCNC(=O)N2CCO[C@H](C)C2)nc1. The van der Waals surface area contributed by atoms with Gasteiger partial charge in [0.1, 0.15) is 5.82 Å². The first-order valence-corrected chi connectivity index (χ1v) is 7.41. The second-order valence-electron chi connectivity index (χ2n) is 5.38. The Bertz CT molecular complexity index is 518. The van der Waals surface area contributed by atoms with E-state index in [9.17, 15) is 9.59 Å². The monoisotopic (exact) mass is 306 g/mol. The van der Waals surface area contributed by atoms with Crippen LogP contribution in [-0.4, -0.2) is 54.2 Å². The quantitative estimate of drug-likeness (QED) is 0.874. The zero-order valence-corrected chi connectivity index (χ0v) is 13.0. The minimum atomic E-state index is -0.174. The summed E-state index contributed by atoms with van der Waals surface area (Å²) in [5, 5.41) is 5.44. The number of nitrogens with one attached hydrogen (secondary N) is 2. The Hall–Kier alpha value is -2.15. The van der Waals surface area contributed by atoms with E-state index in [1.165, 1.54) is 0 Å². The average molecular weight is 306 g/mol. The van der Waals surface area contributed by atoms with E-state index in [1.807, 2.05) is 19.9 Å². The number of ether oxygens (including phenoxy) is 1. The number of hydrogen-bond acceptors (Lipinski definition) is 4. The highest BCUT2D eigenvalue weighted by molar-refractivity contribution is 5.90. The highest BCUT2D eigenvalue weighted by Crippen LogP contribution is 2.05. The Kier molecular flexibility index (Phi) is 5.71. The van der Waals surface area contributed by atoms with E-state index in [1.54, 1.807) is 17.2 Å². The Morgan fingerprint density at radius 3 is 2.95 bits per heavy atom. The molecule has 0 unspecified atom stereocenters. The molecule has 22 heavy (non-hydrogen) atoms. The predicted octanol–water partition coefficient (Wildman–Crippen LogP) is 1.15. The van der Waals surface area contributed by atoms with Gasteiger partial charge in [0, 0.05) is 32.3 Å². The number of morpholine rings is 1. The number of aryl methyl sites for hydroxylation is 1. The smallest absolute Gasteiger partial charge is 0.317 e. The first kappa shape index (κ1) is 16.2. The minimum absolute atomic E-state index is 0.0513. The molecule has 7 nitrogen and oxygen atoms in total. The third-order valence-corrected chi connectivity index (χ3v) is 3.34. The molecule has 2 rings (SSSR count). The summed E-state index contributed by atoms with van der Waals surface area (Å²) in [5.74, 6) is 0.343. The van der Waals surface area contributed by atoms with Gasteiger partial charge >= 0.3 is 6.03 Å². The van der Waals surface area contributed by atoms with Gasteiger partial charge < -0.3 is 20.3 Å². The van der Waals surface area contributed by atoms with Crippen LogP contribution < -0.4 is 10.6 Å². The van der Waals surface area contributed by atoms with Crippen LogP contribution in [0.15, 0.2) is 18.3 Å².